The van der Waals surface area contributed by atoms with Crippen LogP contribution in [-0.4, -0.2) is 35.4 Å². The highest BCUT2D eigenvalue weighted by atomic mass is 35.5. The van der Waals surface area contributed by atoms with Crippen LogP contribution < -0.4 is 5.32 Å². The maximum Gasteiger partial charge on any atom is 0.229 e. The molecule has 0 spiro atoms. The highest BCUT2D eigenvalue weighted by Crippen LogP contribution is 2.30. The average molecular weight is 378 g/mol. The fourth-order valence-electron chi connectivity index (χ4n) is 3.02. The molecule has 1 N–H and O–H groups in total. The van der Waals surface area contributed by atoms with Crippen molar-refractivity contribution in [2.45, 2.75) is 38.6 Å². The first-order valence-electron chi connectivity index (χ1n) is 8.56. The Kier molecular flexibility index (Phi) is 5.46. The second-order valence-electron chi connectivity index (χ2n) is 7.40. The van der Waals surface area contributed by atoms with Gasteiger partial charge in [-0.2, -0.15) is 0 Å². The van der Waals surface area contributed by atoms with E-state index in [4.69, 9.17) is 11.6 Å². The summed E-state index contributed by atoms with van der Waals surface area (Å²) >= 11 is 7.99. The number of rotatable bonds is 3. The van der Waals surface area contributed by atoms with E-state index in [1.165, 1.54) is 0 Å². The minimum Gasteiger partial charge on any atom is -0.333 e. The summed E-state index contributed by atoms with van der Waals surface area (Å²) in [4.78, 5) is 19.5. The molecule has 1 unspecified atom stereocenters. The summed E-state index contributed by atoms with van der Waals surface area (Å²) < 4.78 is 0. The number of aromatic nitrogens is 1. The fourth-order valence-corrected chi connectivity index (χ4v) is 4.18. The molecule has 2 heterocycles. The van der Waals surface area contributed by atoms with Crippen LogP contribution in [-0.2, 0) is 16.6 Å². The number of benzene rings is 1. The predicted molar refractivity (Wildman–Crippen MR) is 103 cm³/mol. The molecule has 1 amide bonds. The van der Waals surface area contributed by atoms with E-state index in [0.717, 1.165) is 29.4 Å². The number of carbonyl (C=O) groups excluding carboxylic acids is 1. The van der Waals surface area contributed by atoms with Gasteiger partial charge in [-0.05, 0) is 11.6 Å². The lowest BCUT2D eigenvalue weighted by Crippen LogP contribution is -2.49. The highest BCUT2D eigenvalue weighted by molar-refractivity contribution is 7.09. The number of hydrogen-bond donors (Lipinski definition) is 1. The first kappa shape index (κ1) is 18.4. The first-order valence-corrected chi connectivity index (χ1v) is 9.81. The molecular formula is C19H24ClN3OS. The van der Waals surface area contributed by atoms with Crippen LogP contribution in [0, 0.1) is 0 Å². The van der Waals surface area contributed by atoms with Gasteiger partial charge < -0.3 is 10.2 Å². The van der Waals surface area contributed by atoms with Gasteiger partial charge in [0.15, 0.2) is 0 Å². The molecule has 0 bridgehead atoms. The van der Waals surface area contributed by atoms with Crippen LogP contribution in [0.3, 0.4) is 0 Å². The van der Waals surface area contributed by atoms with E-state index < -0.39 is 0 Å². The molecule has 4 nitrogen and oxygen atoms in total. The van der Waals surface area contributed by atoms with Crippen LogP contribution in [0.2, 0.25) is 5.02 Å². The molecule has 134 valence electrons. The monoisotopic (exact) mass is 377 g/mol. The molecule has 25 heavy (non-hydrogen) atoms. The molecule has 0 radical (unpaired) electrons. The molecule has 0 aliphatic carbocycles. The Labute approximate surface area is 158 Å². The van der Waals surface area contributed by atoms with E-state index in [0.29, 0.717) is 18.0 Å². The lowest BCUT2D eigenvalue weighted by molar-refractivity contribution is -0.133. The van der Waals surface area contributed by atoms with Gasteiger partial charge in [-0.25, -0.2) is 4.98 Å². The lowest BCUT2D eigenvalue weighted by atomic mass is 9.98. The normalized spacial score (nSPS) is 18.4. The SMILES string of the molecule is CC(C)(C)c1nc(CC(=O)N2CCNCC2c2ccccc2Cl)cs1. The molecule has 1 fully saturated rings. The van der Waals surface area contributed by atoms with Crippen LogP contribution in [0.15, 0.2) is 29.6 Å². The summed E-state index contributed by atoms with van der Waals surface area (Å²) in [7, 11) is 0. The third-order valence-electron chi connectivity index (χ3n) is 4.35. The van der Waals surface area contributed by atoms with Gasteiger partial charge in [0.1, 0.15) is 0 Å². The van der Waals surface area contributed by atoms with Crippen LogP contribution in [0.25, 0.3) is 0 Å². The number of halogens is 1. The Morgan fingerprint density at radius 2 is 2.16 bits per heavy atom. The maximum absolute atomic E-state index is 12.9. The zero-order chi connectivity index (χ0) is 18.0. The standard InChI is InChI=1S/C19H24ClN3OS/c1-19(2,3)18-22-13(12-25-18)10-17(24)23-9-8-21-11-16(23)14-6-4-5-7-15(14)20/h4-7,12,16,21H,8-11H2,1-3H3. The number of amides is 1. The molecule has 1 aliphatic heterocycles. The van der Waals surface area contributed by atoms with Crippen LogP contribution in [0.4, 0.5) is 0 Å². The Bertz CT molecular complexity index is 753. The topological polar surface area (TPSA) is 45.2 Å². The van der Waals surface area contributed by atoms with E-state index in [1.807, 2.05) is 34.5 Å². The zero-order valence-electron chi connectivity index (χ0n) is 14.9. The fraction of sp³-hybridized carbons (Fsp3) is 0.474. The molecule has 2 aromatic rings. The smallest absolute Gasteiger partial charge is 0.229 e. The molecule has 1 aliphatic rings. The summed E-state index contributed by atoms with van der Waals surface area (Å²) in [6.45, 7) is 8.63. The van der Waals surface area contributed by atoms with Gasteiger partial charge in [-0.1, -0.05) is 50.6 Å². The third-order valence-corrected chi connectivity index (χ3v) is 6.01. The zero-order valence-corrected chi connectivity index (χ0v) is 16.5. The molecule has 1 atom stereocenters. The average Bonchev–Trinajstić information content (AvgIpc) is 3.04. The Morgan fingerprint density at radius 1 is 1.40 bits per heavy atom. The van der Waals surface area contributed by atoms with E-state index >= 15 is 0 Å². The molecule has 3 rings (SSSR count). The quantitative estimate of drug-likeness (QED) is 0.884. The van der Waals surface area contributed by atoms with Crippen LogP contribution >= 0.6 is 22.9 Å². The number of carbonyl (C=O) groups is 1. The van der Waals surface area contributed by atoms with Gasteiger partial charge in [0.2, 0.25) is 5.91 Å². The number of nitrogens with zero attached hydrogens (tertiary/aromatic N) is 2. The summed E-state index contributed by atoms with van der Waals surface area (Å²) in [6, 6.07) is 7.73. The number of piperazine rings is 1. The van der Waals surface area contributed by atoms with Crippen molar-refractivity contribution in [1.82, 2.24) is 15.2 Å². The number of thiazole rings is 1. The number of hydrogen-bond acceptors (Lipinski definition) is 4. The maximum atomic E-state index is 12.9. The highest BCUT2D eigenvalue weighted by Gasteiger charge is 2.29. The molecular weight excluding hydrogens is 354 g/mol. The number of nitrogens with one attached hydrogen (secondary N) is 1. The Hall–Kier alpha value is -1.43. The largest absolute Gasteiger partial charge is 0.333 e. The van der Waals surface area contributed by atoms with Crippen molar-refractivity contribution in [3.05, 3.63) is 50.9 Å². The van der Waals surface area contributed by atoms with Gasteiger partial charge in [0.05, 0.1) is 23.2 Å². The third kappa shape index (κ3) is 4.22. The summed E-state index contributed by atoms with van der Waals surface area (Å²) in [5, 5.41) is 7.15. The lowest BCUT2D eigenvalue weighted by Gasteiger charge is -2.37. The summed E-state index contributed by atoms with van der Waals surface area (Å²) in [5.41, 5.74) is 1.87. The molecule has 6 heteroatoms. The van der Waals surface area contributed by atoms with Crippen molar-refractivity contribution in [3.8, 4) is 0 Å². The van der Waals surface area contributed by atoms with Gasteiger partial charge in [0.25, 0.3) is 0 Å². The second-order valence-corrected chi connectivity index (χ2v) is 8.66. The van der Waals surface area contributed by atoms with Gasteiger partial charge in [0, 0.05) is 35.5 Å². The van der Waals surface area contributed by atoms with Crippen molar-refractivity contribution < 1.29 is 4.79 Å². The summed E-state index contributed by atoms with van der Waals surface area (Å²) in [6.07, 6.45) is 0.341. The second kappa shape index (κ2) is 7.44. The van der Waals surface area contributed by atoms with Crippen molar-refractivity contribution in [3.63, 3.8) is 0 Å². The van der Waals surface area contributed by atoms with E-state index in [2.05, 4.69) is 31.1 Å². The first-order chi connectivity index (χ1) is 11.9. The van der Waals surface area contributed by atoms with E-state index in [1.54, 1.807) is 11.3 Å². The molecule has 1 aromatic carbocycles. The molecule has 0 saturated carbocycles. The van der Waals surface area contributed by atoms with Crippen molar-refractivity contribution in [1.29, 1.82) is 0 Å². The Balaban J connectivity index is 1.77. The van der Waals surface area contributed by atoms with E-state index in [-0.39, 0.29) is 17.4 Å². The van der Waals surface area contributed by atoms with Gasteiger partial charge in [-0.15, -0.1) is 11.3 Å². The minimum atomic E-state index is -0.0318. The van der Waals surface area contributed by atoms with Crippen molar-refractivity contribution >= 4 is 28.8 Å². The molecule has 1 aromatic heterocycles. The Morgan fingerprint density at radius 3 is 2.84 bits per heavy atom. The minimum absolute atomic E-state index is 0.0150. The van der Waals surface area contributed by atoms with Gasteiger partial charge >= 0.3 is 0 Å². The predicted octanol–water partition coefficient (Wildman–Crippen LogP) is 3.81. The summed E-state index contributed by atoms with van der Waals surface area (Å²) in [5.74, 6) is 0.108. The van der Waals surface area contributed by atoms with Crippen LogP contribution in [0.1, 0.15) is 43.1 Å². The molecule has 1 saturated heterocycles. The van der Waals surface area contributed by atoms with Gasteiger partial charge in [-0.3, -0.25) is 4.79 Å². The van der Waals surface area contributed by atoms with Crippen molar-refractivity contribution in [2.24, 2.45) is 0 Å². The van der Waals surface area contributed by atoms with Crippen LogP contribution in [0.5, 0.6) is 0 Å². The van der Waals surface area contributed by atoms with E-state index in [9.17, 15) is 4.79 Å². The van der Waals surface area contributed by atoms with Crippen molar-refractivity contribution in [2.75, 3.05) is 19.6 Å².